The summed E-state index contributed by atoms with van der Waals surface area (Å²) in [4.78, 5) is 28.8. The van der Waals surface area contributed by atoms with Gasteiger partial charge in [-0.15, -0.1) is 0 Å². The average molecular weight is 643 g/mol. The smallest absolute Gasteiger partial charge is 0.305 e. The fourth-order valence-corrected chi connectivity index (χ4v) is 5.86. The number of methoxy groups -OCH3 is 2. The van der Waals surface area contributed by atoms with Gasteiger partial charge in [-0.3, -0.25) is 9.59 Å². The van der Waals surface area contributed by atoms with Crippen LogP contribution in [0.1, 0.15) is 178 Å². The summed E-state index contributed by atoms with van der Waals surface area (Å²) in [5, 5.41) is 0. The maximum absolute atomic E-state index is 11.0. The highest BCUT2D eigenvalue weighted by Crippen LogP contribution is 2.15. The lowest BCUT2D eigenvalue weighted by molar-refractivity contribution is -0.141. The van der Waals surface area contributed by atoms with Crippen LogP contribution in [0.25, 0.3) is 0 Å². The Kier molecular flexibility index (Phi) is 27.0. The molecule has 0 aliphatic heterocycles. The molecule has 0 aliphatic carbocycles. The Bertz CT molecular complexity index is 901. The molecule has 6 nitrogen and oxygen atoms in total. The number of hydrogen-bond donors (Lipinski definition) is 2. The minimum atomic E-state index is -0.0813. The normalized spacial score (nSPS) is 10.9. The molecular weight excluding hydrogens is 572 g/mol. The fourth-order valence-electron chi connectivity index (χ4n) is 5.86. The molecule has 0 amide bonds. The number of H-pyrrole nitrogens is 2. The van der Waals surface area contributed by atoms with Gasteiger partial charge in [0.05, 0.1) is 14.2 Å². The highest BCUT2D eigenvalue weighted by Gasteiger charge is 2.03. The summed E-state index contributed by atoms with van der Waals surface area (Å²) in [5.74, 6) is -0.162. The van der Waals surface area contributed by atoms with Gasteiger partial charge in [-0.05, 0) is 87.5 Å². The lowest BCUT2D eigenvalue weighted by Crippen LogP contribution is -1.99. The van der Waals surface area contributed by atoms with Gasteiger partial charge in [0.2, 0.25) is 0 Å². The molecule has 2 heterocycles. The molecule has 0 saturated carbocycles. The van der Waals surface area contributed by atoms with E-state index in [1.807, 2.05) is 0 Å². The zero-order valence-electron chi connectivity index (χ0n) is 30.3. The molecule has 264 valence electrons. The molecule has 2 aromatic rings. The summed E-state index contributed by atoms with van der Waals surface area (Å²) in [5.41, 5.74) is 5.72. The van der Waals surface area contributed by atoms with Crippen LogP contribution in [0.2, 0.25) is 0 Å². The first kappa shape index (κ1) is 41.5. The molecule has 0 aromatic carbocycles. The summed E-state index contributed by atoms with van der Waals surface area (Å²) in [7, 11) is 2.92. The van der Waals surface area contributed by atoms with E-state index in [1.54, 1.807) is 0 Å². The highest BCUT2D eigenvalue weighted by atomic mass is 16.5. The Morgan fingerprint density at radius 1 is 0.478 bits per heavy atom. The lowest BCUT2D eigenvalue weighted by atomic mass is 10.1. The van der Waals surface area contributed by atoms with Crippen molar-refractivity contribution in [1.82, 2.24) is 9.97 Å². The number of aryl methyl sites for hydroxylation is 4. The number of ether oxygens (including phenoxy) is 2. The SMILES string of the molecule is CCCCCCc1c[nH]c(CCCCCCCCC(=O)OC)c1.CCCCCCc1cc(CCCCCCCCC(=O)OC)c[nH]1. The molecule has 0 aliphatic rings. The molecule has 6 heteroatoms. The van der Waals surface area contributed by atoms with Crippen LogP contribution in [0.3, 0.4) is 0 Å². The molecule has 2 aromatic heterocycles. The van der Waals surface area contributed by atoms with Crippen LogP contribution in [0.5, 0.6) is 0 Å². The van der Waals surface area contributed by atoms with Crippen molar-refractivity contribution in [3.8, 4) is 0 Å². The van der Waals surface area contributed by atoms with Crippen molar-refractivity contribution >= 4 is 11.9 Å². The first-order valence-electron chi connectivity index (χ1n) is 19.0. The largest absolute Gasteiger partial charge is 0.469 e. The van der Waals surface area contributed by atoms with Crippen LogP contribution in [0, 0.1) is 0 Å². The zero-order chi connectivity index (χ0) is 33.5. The molecule has 0 radical (unpaired) electrons. The molecule has 0 spiro atoms. The summed E-state index contributed by atoms with van der Waals surface area (Å²) >= 11 is 0. The van der Waals surface area contributed by atoms with Gasteiger partial charge in [-0.1, -0.05) is 104 Å². The number of carbonyl (C=O) groups is 2. The Balaban J connectivity index is 0.000000460. The maximum Gasteiger partial charge on any atom is 0.305 e. The van der Waals surface area contributed by atoms with Crippen LogP contribution < -0.4 is 0 Å². The Morgan fingerprint density at radius 2 is 0.804 bits per heavy atom. The van der Waals surface area contributed by atoms with E-state index >= 15 is 0 Å². The van der Waals surface area contributed by atoms with Gasteiger partial charge in [-0.2, -0.15) is 0 Å². The third-order valence-electron chi connectivity index (χ3n) is 8.85. The van der Waals surface area contributed by atoms with Crippen molar-refractivity contribution in [2.45, 2.75) is 181 Å². The van der Waals surface area contributed by atoms with E-state index in [9.17, 15) is 9.59 Å². The van der Waals surface area contributed by atoms with E-state index < -0.39 is 0 Å². The molecule has 0 atom stereocenters. The number of aromatic nitrogens is 2. The van der Waals surface area contributed by atoms with Gasteiger partial charge in [0, 0.05) is 36.6 Å². The third-order valence-corrected chi connectivity index (χ3v) is 8.85. The van der Waals surface area contributed by atoms with Crippen LogP contribution in [0.15, 0.2) is 24.5 Å². The monoisotopic (exact) mass is 643 g/mol. The number of unbranched alkanes of at least 4 members (excludes halogenated alkanes) is 16. The van der Waals surface area contributed by atoms with E-state index in [1.165, 1.54) is 159 Å². The second-order valence-corrected chi connectivity index (χ2v) is 13.1. The Labute approximate surface area is 282 Å². The zero-order valence-corrected chi connectivity index (χ0v) is 30.3. The average Bonchev–Trinajstić information content (AvgIpc) is 3.73. The molecule has 0 bridgehead atoms. The van der Waals surface area contributed by atoms with E-state index in [4.69, 9.17) is 0 Å². The standard InChI is InChI=1S/2C20H35NO2/c1-3-4-5-11-14-19-16-18(17-21-19)13-10-8-6-7-9-12-15-20(22)23-2;1-3-4-5-10-13-18-16-19(21-17-18)14-11-8-6-7-9-12-15-20(22)23-2/h2*16-17,21H,3-15H2,1-2H3. The predicted molar refractivity (Wildman–Crippen MR) is 193 cm³/mol. The van der Waals surface area contributed by atoms with Gasteiger partial charge in [0.1, 0.15) is 0 Å². The van der Waals surface area contributed by atoms with Crippen molar-refractivity contribution in [1.29, 1.82) is 0 Å². The molecular formula is C40H70N2O4. The fraction of sp³-hybridized carbons (Fsp3) is 0.750. The van der Waals surface area contributed by atoms with Crippen molar-refractivity contribution in [2.75, 3.05) is 14.2 Å². The number of hydrogen-bond acceptors (Lipinski definition) is 4. The predicted octanol–water partition coefficient (Wildman–Crippen LogP) is 11.2. The Hall–Kier alpha value is -2.50. The minimum Gasteiger partial charge on any atom is -0.469 e. The number of aromatic amines is 2. The van der Waals surface area contributed by atoms with Crippen molar-refractivity contribution in [2.24, 2.45) is 0 Å². The second-order valence-electron chi connectivity index (χ2n) is 13.1. The molecule has 46 heavy (non-hydrogen) atoms. The Morgan fingerprint density at radius 3 is 1.17 bits per heavy atom. The first-order valence-corrected chi connectivity index (χ1v) is 19.0. The van der Waals surface area contributed by atoms with Gasteiger partial charge < -0.3 is 19.4 Å². The van der Waals surface area contributed by atoms with E-state index in [0.717, 1.165) is 32.1 Å². The summed E-state index contributed by atoms with van der Waals surface area (Å²) in [6, 6.07) is 4.70. The van der Waals surface area contributed by atoms with Gasteiger partial charge in [-0.25, -0.2) is 0 Å². The topological polar surface area (TPSA) is 84.2 Å². The van der Waals surface area contributed by atoms with Gasteiger partial charge in [0.15, 0.2) is 0 Å². The molecule has 2 N–H and O–H groups in total. The first-order chi connectivity index (χ1) is 22.5. The number of esters is 2. The summed E-state index contributed by atoms with van der Waals surface area (Å²) < 4.78 is 9.28. The highest BCUT2D eigenvalue weighted by molar-refractivity contribution is 5.69. The second kappa shape index (κ2) is 29.9. The van der Waals surface area contributed by atoms with Gasteiger partial charge in [0.25, 0.3) is 0 Å². The number of rotatable bonds is 28. The summed E-state index contributed by atoms with van der Waals surface area (Å²) in [6.07, 6.45) is 35.2. The van der Waals surface area contributed by atoms with E-state index in [-0.39, 0.29) is 11.9 Å². The van der Waals surface area contributed by atoms with Crippen LogP contribution in [0.4, 0.5) is 0 Å². The lowest BCUT2D eigenvalue weighted by Gasteiger charge is -2.01. The van der Waals surface area contributed by atoms with Crippen molar-refractivity contribution in [3.05, 3.63) is 47.0 Å². The van der Waals surface area contributed by atoms with Crippen LogP contribution >= 0.6 is 0 Å². The van der Waals surface area contributed by atoms with Crippen LogP contribution in [-0.4, -0.2) is 36.1 Å². The van der Waals surface area contributed by atoms with E-state index in [2.05, 4.69) is 57.8 Å². The van der Waals surface area contributed by atoms with Crippen molar-refractivity contribution < 1.29 is 19.1 Å². The molecule has 0 fully saturated rings. The minimum absolute atomic E-state index is 0.0806. The van der Waals surface area contributed by atoms with Gasteiger partial charge >= 0.3 is 11.9 Å². The number of carbonyl (C=O) groups excluding carboxylic acids is 2. The summed E-state index contributed by atoms with van der Waals surface area (Å²) in [6.45, 7) is 4.51. The number of nitrogens with one attached hydrogen (secondary N) is 2. The third kappa shape index (κ3) is 23.8. The van der Waals surface area contributed by atoms with Crippen molar-refractivity contribution in [3.63, 3.8) is 0 Å². The molecule has 2 rings (SSSR count). The quantitative estimate of drug-likeness (QED) is 0.0714. The van der Waals surface area contributed by atoms with E-state index in [0.29, 0.717) is 12.8 Å². The molecule has 0 unspecified atom stereocenters. The van der Waals surface area contributed by atoms with Crippen LogP contribution in [-0.2, 0) is 44.7 Å². The maximum atomic E-state index is 11.0. The molecule has 0 saturated heterocycles.